The third-order valence-electron chi connectivity index (χ3n) is 2.69. The van der Waals surface area contributed by atoms with Crippen LogP contribution in [0.2, 0.25) is 0 Å². The standard InChI is InChI=1S/C10H17N3O/c1-7(5-6-11)13-10(14)8-3-2-4-9(8)12/h7-9H,2-5,12H2,1H3,(H,13,14). The number of nitrogens with two attached hydrogens (primary N) is 1. The molecule has 0 aliphatic heterocycles. The summed E-state index contributed by atoms with van der Waals surface area (Å²) in [5.74, 6) is -0.0334. The van der Waals surface area contributed by atoms with Crippen LogP contribution in [0.3, 0.4) is 0 Å². The van der Waals surface area contributed by atoms with E-state index in [2.05, 4.69) is 5.32 Å². The Kier molecular flexibility index (Phi) is 3.90. The lowest BCUT2D eigenvalue weighted by Gasteiger charge is -2.17. The fraction of sp³-hybridized carbons (Fsp3) is 0.800. The molecule has 0 aromatic carbocycles. The lowest BCUT2D eigenvalue weighted by Crippen LogP contribution is -2.42. The Morgan fingerprint density at radius 1 is 1.71 bits per heavy atom. The van der Waals surface area contributed by atoms with Gasteiger partial charge in [0.1, 0.15) is 0 Å². The zero-order chi connectivity index (χ0) is 10.6. The van der Waals surface area contributed by atoms with Crippen molar-refractivity contribution in [3.8, 4) is 6.07 Å². The van der Waals surface area contributed by atoms with E-state index in [4.69, 9.17) is 11.0 Å². The van der Waals surface area contributed by atoms with Crippen molar-refractivity contribution in [2.24, 2.45) is 11.7 Å². The van der Waals surface area contributed by atoms with Crippen LogP contribution < -0.4 is 11.1 Å². The van der Waals surface area contributed by atoms with Crippen molar-refractivity contribution < 1.29 is 4.79 Å². The van der Waals surface area contributed by atoms with Gasteiger partial charge in [0.05, 0.1) is 18.4 Å². The topological polar surface area (TPSA) is 78.9 Å². The average molecular weight is 195 g/mol. The molecule has 1 rings (SSSR count). The highest BCUT2D eigenvalue weighted by Gasteiger charge is 2.30. The molecule has 3 unspecified atom stereocenters. The lowest BCUT2D eigenvalue weighted by atomic mass is 10.0. The zero-order valence-corrected chi connectivity index (χ0v) is 8.49. The highest BCUT2D eigenvalue weighted by atomic mass is 16.2. The SMILES string of the molecule is CC(CC#N)NC(=O)C1CCCC1N. The van der Waals surface area contributed by atoms with Gasteiger partial charge >= 0.3 is 0 Å². The Morgan fingerprint density at radius 3 is 2.93 bits per heavy atom. The maximum Gasteiger partial charge on any atom is 0.224 e. The number of carbonyl (C=O) groups is 1. The minimum Gasteiger partial charge on any atom is -0.352 e. The number of nitrogens with one attached hydrogen (secondary N) is 1. The molecule has 0 heterocycles. The van der Waals surface area contributed by atoms with Gasteiger partial charge in [-0.1, -0.05) is 6.42 Å². The van der Waals surface area contributed by atoms with E-state index in [1.54, 1.807) is 0 Å². The van der Waals surface area contributed by atoms with E-state index in [1.165, 1.54) is 0 Å². The number of hydrogen-bond acceptors (Lipinski definition) is 3. The number of nitrogens with zero attached hydrogens (tertiary/aromatic N) is 1. The Balaban J connectivity index is 2.38. The van der Waals surface area contributed by atoms with E-state index in [1.807, 2.05) is 13.0 Å². The molecule has 1 fully saturated rings. The number of hydrogen-bond donors (Lipinski definition) is 2. The fourth-order valence-electron chi connectivity index (χ4n) is 1.85. The number of carbonyl (C=O) groups excluding carboxylic acids is 1. The van der Waals surface area contributed by atoms with Gasteiger partial charge in [0.15, 0.2) is 0 Å². The van der Waals surface area contributed by atoms with Crippen LogP contribution in [-0.2, 0) is 4.79 Å². The van der Waals surface area contributed by atoms with Crippen molar-refractivity contribution in [2.45, 2.75) is 44.7 Å². The molecule has 1 amide bonds. The van der Waals surface area contributed by atoms with Crippen molar-refractivity contribution in [2.75, 3.05) is 0 Å². The molecule has 0 radical (unpaired) electrons. The van der Waals surface area contributed by atoms with E-state index in [9.17, 15) is 4.79 Å². The number of nitriles is 1. The maximum atomic E-state index is 11.6. The lowest BCUT2D eigenvalue weighted by molar-refractivity contribution is -0.125. The number of rotatable bonds is 3. The van der Waals surface area contributed by atoms with Gasteiger partial charge in [-0.05, 0) is 19.8 Å². The first-order valence-corrected chi connectivity index (χ1v) is 5.08. The summed E-state index contributed by atoms with van der Waals surface area (Å²) in [5.41, 5.74) is 5.80. The second kappa shape index (κ2) is 4.97. The molecule has 1 saturated carbocycles. The molecule has 78 valence electrons. The second-order valence-electron chi connectivity index (χ2n) is 3.97. The Bertz CT molecular complexity index is 246. The van der Waals surface area contributed by atoms with E-state index in [0.717, 1.165) is 19.3 Å². The molecule has 1 aliphatic carbocycles. The summed E-state index contributed by atoms with van der Waals surface area (Å²) in [6.45, 7) is 1.83. The van der Waals surface area contributed by atoms with Crippen LogP contribution in [0.5, 0.6) is 0 Å². The second-order valence-corrected chi connectivity index (χ2v) is 3.97. The summed E-state index contributed by atoms with van der Waals surface area (Å²) in [6.07, 6.45) is 3.20. The van der Waals surface area contributed by atoms with Crippen molar-refractivity contribution >= 4 is 5.91 Å². The average Bonchev–Trinajstić information content (AvgIpc) is 2.51. The molecule has 4 heteroatoms. The van der Waals surface area contributed by atoms with Gasteiger partial charge in [-0.15, -0.1) is 0 Å². The summed E-state index contributed by atoms with van der Waals surface area (Å²) >= 11 is 0. The van der Waals surface area contributed by atoms with Gasteiger partial charge in [0, 0.05) is 12.1 Å². The van der Waals surface area contributed by atoms with E-state index in [-0.39, 0.29) is 23.9 Å². The minimum absolute atomic E-state index is 0.00397. The summed E-state index contributed by atoms with van der Waals surface area (Å²) in [6, 6.07) is 1.96. The maximum absolute atomic E-state index is 11.6. The molecule has 3 N–H and O–H groups in total. The fourth-order valence-corrected chi connectivity index (χ4v) is 1.85. The van der Waals surface area contributed by atoms with Gasteiger partial charge in [-0.3, -0.25) is 4.79 Å². The van der Waals surface area contributed by atoms with Crippen molar-refractivity contribution in [3.63, 3.8) is 0 Å². The van der Waals surface area contributed by atoms with Gasteiger partial charge in [-0.25, -0.2) is 0 Å². The molecule has 0 bridgehead atoms. The molecule has 3 atom stereocenters. The van der Waals surface area contributed by atoms with Gasteiger partial charge in [0.2, 0.25) is 5.91 Å². The van der Waals surface area contributed by atoms with Crippen LogP contribution in [0, 0.1) is 17.2 Å². The minimum atomic E-state index is -0.0692. The highest BCUT2D eigenvalue weighted by Crippen LogP contribution is 2.24. The Morgan fingerprint density at radius 2 is 2.43 bits per heavy atom. The predicted molar refractivity (Wildman–Crippen MR) is 53.2 cm³/mol. The summed E-state index contributed by atoms with van der Waals surface area (Å²) in [7, 11) is 0. The van der Waals surface area contributed by atoms with Crippen molar-refractivity contribution in [1.29, 1.82) is 5.26 Å². The monoisotopic (exact) mass is 195 g/mol. The first-order chi connectivity index (χ1) is 6.65. The molecule has 0 aromatic rings. The molecule has 0 spiro atoms. The third-order valence-corrected chi connectivity index (χ3v) is 2.69. The van der Waals surface area contributed by atoms with Gasteiger partial charge < -0.3 is 11.1 Å². The quantitative estimate of drug-likeness (QED) is 0.689. The molecule has 0 aromatic heterocycles. The molecule has 14 heavy (non-hydrogen) atoms. The van der Waals surface area contributed by atoms with E-state index in [0.29, 0.717) is 6.42 Å². The molecule has 1 aliphatic rings. The predicted octanol–water partition coefficient (Wildman–Crippen LogP) is 0.532. The normalized spacial score (nSPS) is 28.1. The summed E-state index contributed by atoms with van der Waals surface area (Å²) in [4.78, 5) is 11.6. The zero-order valence-electron chi connectivity index (χ0n) is 8.49. The van der Waals surface area contributed by atoms with E-state index >= 15 is 0 Å². The van der Waals surface area contributed by atoms with Crippen LogP contribution in [-0.4, -0.2) is 18.0 Å². The van der Waals surface area contributed by atoms with Gasteiger partial charge in [-0.2, -0.15) is 5.26 Å². The Labute approximate surface area is 84.5 Å². The molecular weight excluding hydrogens is 178 g/mol. The largest absolute Gasteiger partial charge is 0.352 e. The number of amides is 1. The van der Waals surface area contributed by atoms with Crippen LogP contribution in [0.4, 0.5) is 0 Å². The van der Waals surface area contributed by atoms with Crippen molar-refractivity contribution in [3.05, 3.63) is 0 Å². The molecule has 4 nitrogen and oxygen atoms in total. The summed E-state index contributed by atoms with van der Waals surface area (Å²) < 4.78 is 0. The molecular formula is C10H17N3O. The van der Waals surface area contributed by atoms with E-state index < -0.39 is 0 Å². The van der Waals surface area contributed by atoms with Crippen molar-refractivity contribution in [1.82, 2.24) is 5.32 Å². The van der Waals surface area contributed by atoms with Gasteiger partial charge in [0.25, 0.3) is 0 Å². The molecule has 0 saturated heterocycles. The first-order valence-electron chi connectivity index (χ1n) is 5.08. The third kappa shape index (κ3) is 2.71. The summed E-state index contributed by atoms with van der Waals surface area (Å²) in [5, 5.41) is 11.3. The first kappa shape index (κ1) is 11.0. The van der Waals surface area contributed by atoms with Crippen LogP contribution in [0.1, 0.15) is 32.6 Å². The van der Waals surface area contributed by atoms with Crippen LogP contribution in [0.15, 0.2) is 0 Å². The van der Waals surface area contributed by atoms with Crippen LogP contribution >= 0.6 is 0 Å². The smallest absolute Gasteiger partial charge is 0.224 e. The Hall–Kier alpha value is -1.08. The highest BCUT2D eigenvalue weighted by molar-refractivity contribution is 5.80. The van der Waals surface area contributed by atoms with Crippen LogP contribution in [0.25, 0.3) is 0 Å².